The van der Waals surface area contributed by atoms with Gasteiger partial charge in [-0.3, -0.25) is 4.90 Å². The number of rotatable bonds is 3. The van der Waals surface area contributed by atoms with Crippen molar-refractivity contribution in [1.82, 2.24) is 4.90 Å². The molecular weight excluding hydrogens is 544 g/mol. The van der Waals surface area contributed by atoms with Gasteiger partial charge < -0.3 is 0 Å². The lowest BCUT2D eigenvalue weighted by molar-refractivity contribution is -0.143. The van der Waals surface area contributed by atoms with Crippen LogP contribution in [-0.2, 0) is 12.4 Å². The minimum atomic E-state index is -4.79. The van der Waals surface area contributed by atoms with E-state index in [1.54, 1.807) is 0 Å². The molecule has 0 saturated carbocycles. The topological polar surface area (TPSA) is 3.24 Å². The first-order valence-electron chi connectivity index (χ1n) is 11.8. The van der Waals surface area contributed by atoms with Crippen molar-refractivity contribution in [2.24, 2.45) is 5.92 Å². The van der Waals surface area contributed by atoms with E-state index in [2.05, 4.69) is 81.5 Å². The average Bonchev–Trinajstić information content (AvgIpc) is 2.85. The van der Waals surface area contributed by atoms with Crippen LogP contribution in [0.1, 0.15) is 47.4 Å². The lowest BCUT2D eigenvalue weighted by Gasteiger charge is -2.48. The Hall–Kier alpha value is -2.32. The highest BCUT2D eigenvalue weighted by Crippen LogP contribution is 2.41. The molecule has 0 spiro atoms. The van der Waals surface area contributed by atoms with E-state index in [1.807, 2.05) is 0 Å². The number of piperidine rings is 3. The molecule has 192 valence electrons. The van der Waals surface area contributed by atoms with Crippen LogP contribution in [-0.4, -0.2) is 24.0 Å². The van der Waals surface area contributed by atoms with Gasteiger partial charge in [-0.1, -0.05) is 76.6 Å². The molecule has 36 heavy (non-hydrogen) atoms. The van der Waals surface area contributed by atoms with Crippen LogP contribution in [0, 0.1) is 5.92 Å². The molecule has 0 aromatic heterocycles. The Morgan fingerprint density at radius 1 is 0.694 bits per heavy atom. The molecule has 1 atom stereocenters. The largest absolute Gasteiger partial charge is 0.416 e. The fourth-order valence-corrected chi connectivity index (χ4v) is 5.73. The molecule has 3 aromatic carbocycles. The van der Waals surface area contributed by atoms with Crippen molar-refractivity contribution in [1.29, 1.82) is 0 Å². The van der Waals surface area contributed by atoms with E-state index < -0.39 is 23.5 Å². The molecule has 3 saturated heterocycles. The summed E-state index contributed by atoms with van der Waals surface area (Å²) in [6.45, 7) is 2.59. The summed E-state index contributed by atoms with van der Waals surface area (Å²) in [5.74, 6) is 1.48. The van der Waals surface area contributed by atoms with Crippen LogP contribution in [0.2, 0.25) is 0 Å². The van der Waals surface area contributed by atoms with Crippen molar-refractivity contribution in [2.75, 3.05) is 13.1 Å². The average molecular weight is 570 g/mol. The summed E-state index contributed by atoms with van der Waals surface area (Å²) in [6, 6.07) is 24.1. The third-order valence-electron chi connectivity index (χ3n) is 6.95. The Kier molecular flexibility index (Phi) is 8.15. The molecule has 0 N–H and O–H groups in total. The predicted molar refractivity (Wildman–Crippen MR) is 132 cm³/mol. The maximum atomic E-state index is 12.1. The van der Waals surface area contributed by atoms with Crippen molar-refractivity contribution in [2.45, 2.75) is 43.6 Å². The van der Waals surface area contributed by atoms with Crippen LogP contribution in [0.25, 0.3) is 0 Å². The summed E-state index contributed by atoms with van der Waals surface area (Å²) in [5.41, 5.74) is 0.288. The van der Waals surface area contributed by atoms with Crippen molar-refractivity contribution < 1.29 is 26.3 Å². The van der Waals surface area contributed by atoms with Gasteiger partial charge in [0, 0.05) is 16.4 Å². The molecule has 0 aliphatic carbocycles. The summed E-state index contributed by atoms with van der Waals surface area (Å²) < 4.78 is 72.6. The van der Waals surface area contributed by atoms with Crippen LogP contribution in [0.4, 0.5) is 26.3 Å². The SMILES string of the molecule is FC(F)(F)c1cc(Br)cc(C(F)(F)F)c1.c1ccc(C(c2ccccc2)C2CC3CCN2CC3)cc1. The molecule has 3 aromatic rings. The van der Waals surface area contributed by atoms with E-state index in [1.165, 1.54) is 43.5 Å². The normalized spacial score (nSPS) is 21.7. The van der Waals surface area contributed by atoms with Gasteiger partial charge in [0.2, 0.25) is 0 Å². The standard InChI is InChI=1S/C20H23N.C8H3BrF6/c1-3-7-17(8-4-1)20(18-9-5-2-6-10-18)19-15-16-11-13-21(19)14-12-16;9-6-2-4(7(10,11)12)1-5(3-6)8(13,14)15/h1-10,16,19-20H,11-15H2;1-3H. The minimum absolute atomic E-state index is 0.0742. The van der Waals surface area contributed by atoms with Crippen LogP contribution in [0.15, 0.2) is 83.3 Å². The highest BCUT2D eigenvalue weighted by molar-refractivity contribution is 9.10. The van der Waals surface area contributed by atoms with Gasteiger partial charge in [-0.05, 0) is 67.6 Å². The van der Waals surface area contributed by atoms with Crippen LogP contribution in [0.3, 0.4) is 0 Å². The molecule has 3 heterocycles. The van der Waals surface area contributed by atoms with Crippen molar-refractivity contribution in [3.05, 3.63) is 106 Å². The van der Waals surface area contributed by atoms with Gasteiger partial charge in [0.05, 0.1) is 11.1 Å². The molecule has 3 aliphatic rings. The summed E-state index contributed by atoms with van der Waals surface area (Å²) in [7, 11) is 0. The second-order valence-electron chi connectivity index (χ2n) is 9.31. The Bertz CT molecular complexity index is 1050. The van der Waals surface area contributed by atoms with E-state index in [0.29, 0.717) is 24.1 Å². The first-order chi connectivity index (χ1) is 17.0. The van der Waals surface area contributed by atoms with Gasteiger partial charge in [-0.15, -0.1) is 0 Å². The Balaban J connectivity index is 0.000000181. The molecule has 0 amide bonds. The molecule has 3 aliphatic heterocycles. The maximum Gasteiger partial charge on any atom is 0.416 e. The lowest BCUT2D eigenvalue weighted by atomic mass is 9.74. The van der Waals surface area contributed by atoms with Gasteiger partial charge in [0.1, 0.15) is 0 Å². The second-order valence-corrected chi connectivity index (χ2v) is 10.2. The smallest absolute Gasteiger partial charge is 0.299 e. The molecule has 1 unspecified atom stereocenters. The monoisotopic (exact) mass is 569 g/mol. The van der Waals surface area contributed by atoms with Gasteiger partial charge in [-0.2, -0.15) is 26.3 Å². The number of hydrogen-bond donors (Lipinski definition) is 0. The molecule has 2 bridgehead atoms. The maximum absolute atomic E-state index is 12.1. The molecule has 6 rings (SSSR count). The van der Waals surface area contributed by atoms with Crippen molar-refractivity contribution in [3.8, 4) is 0 Å². The minimum Gasteiger partial charge on any atom is -0.299 e. The fraction of sp³-hybridized carbons (Fsp3) is 0.357. The quantitative estimate of drug-likeness (QED) is 0.285. The zero-order valence-electron chi connectivity index (χ0n) is 19.4. The number of hydrogen-bond acceptors (Lipinski definition) is 1. The predicted octanol–water partition coefficient (Wildman–Crippen LogP) is 8.79. The second kappa shape index (κ2) is 11.0. The number of nitrogens with zero attached hydrogens (tertiary/aromatic N) is 1. The van der Waals surface area contributed by atoms with Crippen LogP contribution < -0.4 is 0 Å². The van der Waals surface area contributed by atoms with E-state index in [4.69, 9.17) is 0 Å². The molecular formula is C28H26BrF6N. The summed E-state index contributed by atoms with van der Waals surface area (Å²) in [4.78, 5) is 2.74. The van der Waals surface area contributed by atoms with Crippen LogP contribution in [0.5, 0.6) is 0 Å². The Morgan fingerprint density at radius 3 is 1.50 bits per heavy atom. The van der Waals surface area contributed by atoms with Crippen molar-refractivity contribution >= 4 is 15.9 Å². The Labute approximate surface area is 215 Å². The zero-order chi connectivity index (χ0) is 25.9. The van der Waals surface area contributed by atoms with Gasteiger partial charge in [0.15, 0.2) is 0 Å². The van der Waals surface area contributed by atoms with Gasteiger partial charge in [0.25, 0.3) is 0 Å². The lowest BCUT2D eigenvalue weighted by Crippen LogP contribution is -2.51. The van der Waals surface area contributed by atoms with Crippen LogP contribution >= 0.6 is 15.9 Å². The number of alkyl halides is 6. The summed E-state index contributed by atoms with van der Waals surface area (Å²) in [6.07, 6.45) is -5.39. The van der Waals surface area contributed by atoms with E-state index in [0.717, 1.165) is 5.92 Å². The molecule has 1 nitrogen and oxygen atoms in total. The highest BCUT2D eigenvalue weighted by Gasteiger charge is 2.39. The fourth-order valence-electron chi connectivity index (χ4n) is 5.23. The van der Waals surface area contributed by atoms with Crippen molar-refractivity contribution in [3.63, 3.8) is 0 Å². The number of halogens is 7. The molecule has 8 heteroatoms. The Morgan fingerprint density at radius 2 is 1.14 bits per heavy atom. The zero-order valence-corrected chi connectivity index (χ0v) is 21.0. The van der Waals surface area contributed by atoms with Gasteiger partial charge in [-0.25, -0.2) is 0 Å². The summed E-state index contributed by atoms with van der Waals surface area (Å²) in [5, 5.41) is 0. The number of fused-ring (bicyclic) bond motifs is 3. The van der Waals surface area contributed by atoms with E-state index in [9.17, 15) is 26.3 Å². The third kappa shape index (κ3) is 6.51. The molecule has 0 radical (unpaired) electrons. The van der Waals surface area contributed by atoms with Gasteiger partial charge >= 0.3 is 12.4 Å². The first kappa shape index (κ1) is 26.7. The third-order valence-corrected chi connectivity index (χ3v) is 7.41. The van der Waals surface area contributed by atoms with E-state index in [-0.39, 0.29) is 10.5 Å². The number of benzene rings is 3. The molecule has 3 fully saturated rings. The summed E-state index contributed by atoms with van der Waals surface area (Å²) >= 11 is 2.60. The van der Waals surface area contributed by atoms with E-state index >= 15 is 0 Å². The first-order valence-corrected chi connectivity index (χ1v) is 12.6. The highest BCUT2D eigenvalue weighted by atomic mass is 79.9.